The van der Waals surface area contributed by atoms with E-state index in [1.165, 1.54) is 0 Å². The molecule has 2 rings (SSSR count). The number of aliphatic hydroxyl groups excluding tert-OH is 3. The highest BCUT2D eigenvalue weighted by Gasteiger charge is 2.38. The van der Waals surface area contributed by atoms with E-state index in [1.807, 2.05) is 4.98 Å². The lowest BCUT2D eigenvalue weighted by Gasteiger charge is -2.37. The maximum atomic E-state index is 11.0. The minimum absolute atomic E-state index is 0.0278. The summed E-state index contributed by atoms with van der Waals surface area (Å²) < 4.78 is 5.13. The number of aromatic nitrogens is 3. The summed E-state index contributed by atoms with van der Waals surface area (Å²) in [6.07, 6.45) is -3.40. The fourth-order valence-electron chi connectivity index (χ4n) is 1.81. The molecule has 1 fully saturated rings. The van der Waals surface area contributed by atoms with E-state index in [0.717, 1.165) is 0 Å². The molecule has 4 atom stereocenters. The van der Waals surface area contributed by atoms with Crippen LogP contribution in [0.25, 0.3) is 0 Å². The van der Waals surface area contributed by atoms with Crippen molar-refractivity contribution in [3.05, 3.63) is 21.0 Å². The zero-order chi connectivity index (χ0) is 14.0. The number of hydrogen-bond acceptors (Lipinski definition) is 8. The van der Waals surface area contributed by atoms with Crippen molar-refractivity contribution in [3.8, 4) is 0 Å². The van der Waals surface area contributed by atoms with Crippen LogP contribution in [-0.2, 0) is 4.74 Å². The van der Waals surface area contributed by atoms with Gasteiger partial charge in [-0.2, -0.15) is 4.98 Å². The molecule has 6 N–H and O–H groups in total. The fraction of sp³-hybridized carbons (Fsp3) is 0.667. The lowest BCUT2D eigenvalue weighted by Crippen LogP contribution is -2.57. The normalized spacial score (nSPS) is 31.1. The van der Waals surface area contributed by atoms with Gasteiger partial charge in [0.15, 0.2) is 0 Å². The van der Waals surface area contributed by atoms with Gasteiger partial charge in [-0.25, -0.2) is 9.59 Å². The summed E-state index contributed by atoms with van der Waals surface area (Å²) in [5.41, 5.74) is -1.59. The van der Waals surface area contributed by atoms with Crippen LogP contribution in [0, 0.1) is 0 Å². The third-order valence-electron chi connectivity index (χ3n) is 2.80. The van der Waals surface area contributed by atoms with Crippen LogP contribution < -0.4 is 16.7 Å². The van der Waals surface area contributed by atoms with Gasteiger partial charge in [0.2, 0.25) is 5.95 Å². The Morgan fingerprint density at radius 1 is 1.32 bits per heavy atom. The predicted molar refractivity (Wildman–Crippen MR) is 61.7 cm³/mol. The van der Waals surface area contributed by atoms with E-state index >= 15 is 0 Å². The third-order valence-corrected chi connectivity index (χ3v) is 2.80. The van der Waals surface area contributed by atoms with Crippen LogP contribution in [0.4, 0.5) is 5.95 Å². The number of aliphatic hydroxyl groups is 3. The van der Waals surface area contributed by atoms with Crippen LogP contribution in [0.15, 0.2) is 9.59 Å². The molecule has 0 amide bonds. The lowest BCUT2D eigenvalue weighted by molar-refractivity contribution is -0.152. The van der Waals surface area contributed by atoms with Gasteiger partial charge in [-0.15, -0.1) is 0 Å². The maximum Gasteiger partial charge on any atom is 0.352 e. The van der Waals surface area contributed by atoms with Crippen molar-refractivity contribution < 1.29 is 20.1 Å². The van der Waals surface area contributed by atoms with Gasteiger partial charge in [0, 0.05) is 0 Å². The Kier molecular flexibility index (Phi) is 3.95. The second-order valence-corrected chi connectivity index (χ2v) is 4.13. The van der Waals surface area contributed by atoms with Crippen LogP contribution in [0.3, 0.4) is 0 Å². The molecule has 0 spiro atoms. The SMILES string of the molecule is O=c1nc(N[C@H]2CO[C@H](CO)[C@H](O)[C@@H]2O)[nH]c(=O)[nH]1. The molecule has 0 unspecified atom stereocenters. The topological polar surface area (TPSA) is 161 Å². The van der Waals surface area contributed by atoms with E-state index in [2.05, 4.69) is 15.3 Å². The molecule has 0 aliphatic carbocycles. The van der Waals surface area contributed by atoms with E-state index in [4.69, 9.17) is 9.84 Å². The van der Waals surface area contributed by atoms with Gasteiger partial charge >= 0.3 is 11.4 Å². The highest BCUT2D eigenvalue weighted by atomic mass is 16.5. The van der Waals surface area contributed by atoms with Gasteiger partial charge in [-0.3, -0.25) is 9.97 Å². The average Bonchev–Trinajstić information content (AvgIpc) is 2.34. The number of nitrogens with zero attached hydrogens (tertiary/aromatic N) is 1. The van der Waals surface area contributed by atoms with E-state index in [1.54, 1.807) is 0 Å². The second kappa shape index (κ2) is 5.48. The first-order valence-electron chi connectivity index (χ1n) is 5.57. The highest BCUT2D eigenvalue weighted by Crippen LogP contribution is 2.17. The van der Waals surface area contributed by atoms with Gasteiger partial charge < -0.3 is 25.4 Å². The number of hydrogen-bond donors (Lipinski definition) is 6. The second-order valence-electron chi connectivity index (χ2n) is 4.13. The molecule has 1 saturated heterocycles. The van der Waals surface area contributed by atoms with Gasteiger partial charge in [0.25, 0.3) is 0 Å². The smallest absolute Gasteiger partial charge is 0.352 e. The first-order chi connectivity index (χ1) is 9.01. The van der Waals surface area contributed by atoms with Crippen LogP contribution >= 0.6 is 0 Å². The van der Waals surface area contributed by atoms with Crippen molar-refractivity contribution in [2.45, 2.75) is 24.4 Å². The zero-order valence-corrected chi connectivity index (χ0v) is 9.74. The highest BCUT2D eigenvalue weighted by molar-refractivity contribution is 5.24. The Bertz CT molecular complexity index is 514. The summed E-state index contributed by atoms with van der Waals surface area (Å²) in [4.78, 5) is 29.6. The zero-order valence-electron chi connectivity index (χ0n) is 9.74. The third kappa shape index (κ3) is 2.98. The predicted octanol–water partition coefficient (Wildman–Crippen LogP) is -3.65. The molecule has 0 bridgehead atoms. The molecule has 2 heterocycles. The molecule has 106 valence electrons. The number of ether oxygens (including phenoxy) is 1. The number of nitrogens with one attached hydrogen (secondary N) is 3. The number of H-pyrrole nitrogens is 2. The standard InChI is InChI=1S/C9H14N4O6/c14-1-4-6(16)5(15)3(2-19-4)10-7-11-8(17)13-9(18)12-7/h3-6,14-16H,1-2H2,(H3,10,11,12,13,17,18)/t3-,4+,5+,6-/m0/s1. The van der Waals surface area contributed by atoms with Gasteiger partial charge in [-0.05, 0) is 0 Å². The van der Waals surface area contributed by atoms with Crippen molar-refractivity contribution in [2.24, 2.45) is 0 Å². The Labute approximate surface area is 106 Å². The minimum Gasteiger partial charge on any atom is -0.394 e. The van der Waals surface area contributed by atoms with Gasteiger partial charge in [-0.1, -0.05) is 0 Å². The minimum atomic E-state index is -1.29. The Morgan fingerprint density at radius 3 is 2.68 bits per heavy atom. The van der Waals surface area contributed by atoms with E-state index < -0.39 is 42.3 Å². The van der Waals surface area contributed by atoms with E-state index in [9.17, 15) is 19.8 Å². The van der Waals surface area contributed by atoms with Crippen molar-refractivity contribution in [1.82, 2.24) is 15.0 Å². The molecule has 10 nitrogen and oxygen atoms in total. The number of aromatic amines is 2. The molecule has 1 aromatic heterocycles. The summed E-state index contributed by atoms with van der Waals surface area (Å²) in [6.45, 7) is -0.453. The molecule has 10 heteroatoms. The fourth-order valence-corrected chi connectivity index (χ4v) is 1.81. The number of rotatable bonds is 3. The largest absolute Gasteiger partial charge is 0.394 e. The van der Waals surface area contributed by atoms with Crippen molar-refractivity contribution in [1.29, 1.82) is 0 Å². The Morgan fingerprint density at radius 2 is 2.05 bits per heavy atom. The van der Waals surface area contributed by atoms with Crippen LogP contribution in [0.2, 0.25) is 0 Å². The quantitative estimate of drug-likeness (QED) is 0.329. The lowest BCUT2D eigenvalue weighted by atomic mass is 9.98. The Balaban J connectivity index is 2.11. The van der Waals surface area contributed by atoms with Gasteiger partial charge in [0.05, 0.1) is 19.3 Å². The average molecular weight is 274 g/mol. The molecule has 1 aromatic rings. The molecular formula is C9H14N4O6. The van der Waals surface area contributed by atoms with Gasteiger partial charge in [0.1, 0.15) is 18.3 Å². The molecule has 1 aliphatic heterocycles. The van der Waals surface area contributed by atoms with Crippen LogP contribution in [-0.4, -0.2) is 67.8 Å². The van der Waals surface area contributed by atoms with E-state index in [-0.39, 0.29) is 12.6 Å². The maximum absolute atomic E-state index is 11.0. The monoisotopic (exact) mass is 274 g/mol. The molecule has 0 saturated carbocycles. The molecule has 0 radical (unpaired) electrons. The summed E-state index contributed by atoms with van der Waals surface area (Å²) in [7, 11) is 0. The van der Waals surface area contributed by atoms with Crippen molar-refractivity contribution in [3.63, 3.8) is 0 Å². The van der Waals surface area contributed by atoms with Crippen molar-refractivity contribution in [2.75, 3.05) is 18.5 Å². The summed E-state index contributed by atoms with van der Waals surface area (Å²) in [6, 6.07) is -0.775. The molecule has 0 aromatic carbocycles. The molecule has 1 aliphatic rings. The van der Waals surface area contributed by atoms with E-state index in [0.29, 0.717) is 0 Å². The summed E-state index contributed by atoms with van der Waals surface area (Å²) >= 11 is 0. The Hall–Kier alpha value is -1.75. The summed E-state index contributed by atoms with van der Waals surface area (Å²) in [5.74, 6) is -0.143. The number of anilines is 1. The molecular weight excluding hydrogens is 260 g/mol. The molecule has 19 heavy (non-hydrogen) atoms. The van der Waals surface area contributed by atoms with Crippen LogP contribution in [0.1, 0.15) is 0 Å². The summed E-state index contributed by atoms with van der Waals surface area (Å²) in [5, 5.41) is 31.0. The first-order valence-corrected chi connectivity index (χ1v) is 5.57. The first kappa shape index (κ1) is 13.7. The van der Waals surface area contributed by atoms with Crippen LogP contribution in [0.5, 0.6) is 0 Å². The van der Waals surface area contributed by atoms with Crippen molar-refractivity contribution >= 4 is 5.95 Å².